The molecule has 2 atom stereocenters. The Balaban J connectivity index is 1.22. The Morgan fingerprint density at radius 2 is 2.25 bits per heavy atom. The van der Waals surface area contributed by atoms with Gasteiger partial charge in [-0.05, 0) is 49.4 Å². The molecule has 1 aromatic carbocycles. The Hall–Kier alpha value is -2.55. The van der Waals surface area contributed by atoms with Crippen LogP contribution in [0, 0.1) is 0 Å². The van der Waals surface area contributed by atoms with Crippen molar-refractivity contribution in [3.8, 4) is 0 Å². The van der Waals surface area contributed by atoms with Gasteiger partial charge in [0.05, 0.1) is 17.9 Å². The van der Waals surface area contributed by atoms with Crippen LogP contribution in [0.3, 0.4) is 0 Å². The highest BCUT2D eigenvalue weighted by Gasteiger charge is 2.43. The second-order valence-corrected chi connectivity index (χ2v) is 9.21. The first-order valence-corrected chi connectivity index (χ1v) is 11.5. The van der Waals surface area contributed by atoms with Crippen LogP contribution in [0.5, 0.6) is 0 Å². The molecule has 0 saturated carbocycles. The van der Waals surface area contributed by atoms with E-state index < -0.39 is 0 Å². The predicted octanol–water partition coefficient (Wildman–Crippen LogP) is 2.71. The van der Waals surface area contributed by atoms with Crippen LogP contribution < -0.4 is 5.56 Å². The van der Waals surface area contributed by atoms with E-state index in [0.29, 0.717) is 24.8 Å². The first kappa shape index (κ1) is 21.3. The van der Waals surface area contributed by atoms with Gasteiger partial charge in [-0.2, -0.15) is 0 Å². The molecule has 9 heteroatoms. The largest absolute Gasteiger partial charge is 0.370 e. The standard InChI is InChI=1S/C23H27ClN6O2/c1-16-13-23(20-12-18(24)3-2-17(20)6-11-32-23)7-10-29(16)14-19-15-30(28-27-19)9-5-21-25-8-4-22(31)26-21/h2-4,8,12,15-16H,5-7,9-11,13-14H2,1H3,(H,25,26,31)/t16-,23+/m0/s1. The fourth-order valence-corrected chi connectivity index (χ4v) is 5.15. The number of aromatic nitrogens is 5. The van der Waals surface area contributed by atoms with Crippen LogP contribution in [0.2, 0.25) is 5.02 Å². The SMILES string of the molecule is C[C@H]1C[C@@]2(CCN1Cc1cn(CCc3nccc(=O)[nH]3)nn1)OCCc1ccc(Cl)cc12. The molecule has 0 radical (unpaired) electrons. The van der Waals surface area contributed by atoms with Gasteiger partial charge in [0.25, 0.3) is 5.56 Å². The zero-order valence-electron chi connectivity index (χ0n) is 18.1. The summed E-state index contributed by atoms with van der Waals surface area (Å²) >= 11 is 6.32. The number of nitrogens with zero attached hydrogens (tertiary/aromatic N) is 5. The third kappa shape index (κ3) is 4.35. The van der Waals surface area contributed by atoms with Gasteiger partial charge < -0.3 is 9.72 Å². The number of ether oxygens (including phenoxy) is 1. The zero-order valence-corrected chi connectivity index (χ0v) is 18.9. The highest BCUT2D eigenvalue weighted by Crippen LogP contribution is 2.44. The van der Waals surface area contributed by atoms with Crippen molar-refractivity contribution in [1.29, 1.82) is 0 Å². The van der Waals surface area contributed by atoms with E-state index in [4.69, 9.17) is 16.3 Å². The van der Waals surface area contributed by atoms with Crippen LogP contribution in [-0.2, 0) is 36.3 Å². The first-order chi connectivity index (χ1) is 15.5. The minimum atomic E-state index is -0.244. The Morgan fingerprint density at radius 1 is 1.34 bits per heavy atom. The number of hydrogen-bond acceptors (Lipinski definition) is 6. The Kier molecular flexibility index (Phi) is 5.84. The molecule has 1 N–H and O–H groups in total. The summed E-state index contributed by atoms with van der Waals surface area (Å²) in [5, 5.41) is 9.38. The minimum Gasteiger partial charge on any atom is -0.370 e. The number of halogens is 1. The number of H-pyrrole nitrogens is 1. The highest BCUT2D eigenvalue weighted by molar-refractivity contribution is 6.30. The number of piperidine rings is 1. The van der Waals surface area contributed by atoms with Gasteiger partial charge in [-0.3, -0.25) is 14.4 Å². The minimum absolute atomic E-state index is 0.141. The van der Waals surface area contributed by atoms with Crippen LogP contribution in [0.4, 0.5) is 0 Å². The molecular weight excluding hydrogens is 428 g/mol. The third-order valence-electron chi connectivity index (χ3n) is 6.62. The normalized spacial score (nSPS) is 23.4. The van der Waals surface area contributed by atoms with Gasteiger partial charge in [-0.25, -0.2) is 4.98 Å². The molecule has 168 valence electrons. The van der Waals surface area contributed by atoms with Gasteiger partial charge in [0, 0.05) is 55.6 Å². The summed E-state index contributed by atoms with van der Waals surface area (Å²) in [6.07, 6.45) is 6.91. The van der Waals surface area contributed by atoms with Crippen molar-refractivity contribution in [2.45, 2.75) is 57.3 Å². The third-order valence-corrected chi connectivity index (χ3v) is 6.85. The lowest BCUT2D eigenvalue weighted by molar-refractivity contribution is -0.113. The Labute approximate surface area is 191 Å². The van der Waals surface area contributed by atoms with Crippen LogP contribution in [0.1, 0.15) is 42.4 Å². The van der Waals surface area contributed by atoms with Gasteiger partial charge >= 0.3 is 0 Å². The monoisotopic (exact) mass is 454 g/mol. The average molecular weight is 455 g/mol. The molecule has 2 aliphatic rings. The Morgan fingerprint density at radius 3 is 3.09 bits per heavy atom. The van der Waals surface area contributed by atoms with Crippen LogP contribution in [0.25, 0.3) is 0 Å². The quantitative estimate of drug-likeness (QED) is 0.637. The van der Waals surface area contributed by atoms with Gasteiger partial charge in [0.15, 0.2) is 0 Å². The van der Waals surface area contributed by atoms with Crippen LogP contribution >= 0.6 is 11.6 Å². The molecule has 4 heterocycles. The molecule has 8 nitrogen and oxygen atoms in total. The van der Waals surface area contributed by atoms with Crippen molar-refractivity contribution in [3.63, 3.8) is 0 Å². The van der Waals surface area contributed by atoms with Crippen molar-refractivity contribution < 1.29 is 4.74 Å². The van der Waals surface area contributed by atoms with Crippen molar-refractivity contribution >= 4 is 11.6 Å². The molecule has 2 aliphatic heterocycles. The number of fused-ring (bicyclic) bond motifs is 2. The van der Waals surface area contributed by atoms with E-state index in [1.54, 1.807) is 4.68 Å². The molecule has 2 aromatic heterocycles. The van der Waals surface area contributed by atoms with Crippen LogP contribution in [-0.4, -0.2) is 49.1 Å². The summed E-state index contributed by atoms with van der Waals surface area (Å²) in [4.78, 5) is 20.8. The molecule has 0 aliphatic carbocycles. The smallest absolute Gasteiger partial charge is 0.250 e. The second-order valence-electron chi connectivity index (χ2n) is 8.77. The maximum atomic E-state index is 11.4. The average Bonchev–Trinajstić information content (AvgIpc) is 3.23. The lowest BCUT2D eigenvalue weighted by Crippen LogP contribution is -2.50. The van der Waals surface area contributed by atoms with Crippen molar-refractivity contribution in [3.05, 3.63) is 74.7 Å². The second kappa shape index (κ2) is 8.77. The highest BCUT2D eigenvalue weighted by atomic mass is 35.5. The number of likely N-dealkylation sites (tertiary alicyclic amines) is 1. The molecular formula is C23H27ClN6O2. The van der Waals surface area contributed by atoms with Gasteiger partial charge in [-0.1, -0.05) is 22.9 Å². The number of nitrogens with one attached hydrogen (secondary N) is 1. The molecule has 0 amide bonds. The first-order valence-electron chi connectivity index (χ1n) is 11.1. The topological polar surface area (TPSA) is 88.9 Å². The fraction of sp³-hybridized carbons (Fsp3) is 0.478. The number of aromatic amines is 1. The number of rotatable bonds is 5. The van der Waals surface area contributed by atoms with E-state index in [0.717, 1.165) is 49.7 Å². The van der Waals surface area contributed by atoms with Crippen molar-refractivity contribution in [2.75, 3.05) is 13.2 Å². The predicted molar refractivity (Wildman–Crippen MR) is 120 cm³/mol. The molecule has 32 heavy (non-hydrogen) atoms. The van der Waals surface area contributed by atoms with E-state index in [2.05, 4.69) is 44.2 Å². The van der Waals surface area contributed by atoms with E-state index in [1.807, 2.05) is 12.3 Å². The summed E-state index contributed by atoms with van der Waals surface area (Å²) < 4.78 is 8.20. The van der Waals surface area contributed by atoms with Crippen LogP contribution in [0.15, 0.2) is 41.5 Å². The number of benzene rings is 1. The molecule has 0 unspecified atom stereocenters. The van der Waals surface area contributed by atoms with E-state index in [9.17, 15) is 4.79 Å². The van der Waals surface area contributed by atoms with E-state index in [1.165, 1.54) is 23.4 Å². The van der Waals surface area contributed by atoms with Gasteiger partial charge in [-0.15, -0.1) is 5.10 Å². The summed E-state index contributed by atoms with van der Waals surface area (Å²) in [6, 6.07) is 7.98. The molecule has 1 spiro atoms. The number of aryl methyl sites for hydroxylation is 2. The van der Waals surface area contributed by atoms with Crippen molar-refractivity contribution in [1.82, 2.24) is 29.9 Å². The van der Waals surface area contributed by atoms with E-state index in [-0.39, 0.29) is 11.2 Å². The summed E-state index contributed by atoms with van der Waals surface area (Å²) in [5.41, 5.74) is 3.18. The molecule has 1 fully saturated rings. The van der Waals surface area contributed by atoms with E-state index >= 15 is 0 Å². The molecule has 5 rings (SSSR count). The summed E-state index contributed by atoms with van der Waals surface area (Å²) in [5.74, 6) is 0.650. The number of hydrogen-bond donors (Lipinski definition) is 1. The molecule has 1 saturated heterocycles. The Bertz CT molecular complexity index is 1160. The molecule has 0 bridgehead atoms. The van der Waals surface area contributed by atoms with Crippen molar-refractivity contribution in [2.24, 2.45) is 0 Å². The van der Waals surface area contributed by atoms with Gasteiger partial charge in [0.1, 0.15) is 5.82 Å². The lowest BCUT2D eigenvalue weighted by Gasteiger charge is -2.48. The maximum Gasteiger partial charge on any atom is 0.250 e. The van der Waals surface area contributed by atoms with Gasteiger partial charge in [0.2, 0.25) is 0 Å². The fourth-order valence-electron chi connectivity index (χ4n) is 4.98. The zero-order chi connectivity index (χ0) is 22.1. The maximum absolute atomic E-state index is 11.4. The molecule has 3 aromatic rings. The summed E-state index contributed by atoms with van der Waals surface area (Å²) in [6.45, 7) is 5.31. The summed E-state index contributed by atoms with van der Waals surface area (Å²) in [7, 11) is 0. The lowest BCUT2D eigenvalue weighted by atomic mass is 9.77.